The molecule has 1 aromatic carbocycles. The highest BCUT2D eigenvalue weighted by atomic mass is 35.5. The fraction of sp³-hybridized carbons (Fsp3) is 0.0714. The van der Waals surface area contributed by atoms with Crippen molar-refractivity contribution in [1.29, 1.82) is 0 Å². The SMILES string of the molecule is NC(c1sccc1Cl)c1cccc2ncccc12. The Morgan fingerprint density at radius 3 is 2.83 bits per heavy atom. The summed E-state index contributed by atoms with van der Waals surface area (Å²) in [6.45, 7) is 0. The van der Waals surface area contributed by atoms with Crippen LogP contribution in [0.4, 0.5) is 0 Å². The summed E-state index contributed by atoms with van der Waals surface area (Å²) < 4.78 is 0. The van der Waals surface area contributed by atoms with Gasteiger partial charge in [0, 0.05) is 16.5 Å². The highest BCUT2D eigenvalue weighted by Gasteiger charge is 2.16. The highest BCUT2D eigenvalue weighted by Crippen LogP contribution is 2.33. The number of hydrogen-bond acceptors (Lipinski definition) is 3. The summed E-state index contributed by atoms with van der Waals surface area (Å²) in [5.74, 6) is 0. The van der Waals surface area contributed by atoms with Crippen LogP contribution < -0.4 is 5.73 Å². The summed E-state index contributed by atoms with van der Waals surface area (Å²) in [5, 5.41) is 3.77. The van der Waals surface area contributed by atoms with Crippen molar-refractivity contribution in [3.8, 4) is 0 Å². The van der Waals surface area contributed by atoms with E-state index in [1.807, 2.05) is 41.8 Å². The minimum Gasteiger partial charge on any atom is -0.320 e. The van der Waals surface area contributed by atoms with E-state index in [0.29, 0.717) is 0 Å². The fourth-order valence-corrected chi connectivity index (χ4v) is 3.26. The van der Waals surface area contributed by atoms with E-state index in [2.05, 4.69) is 4.98 Å². The molecule has 0 aliphatic heterocycles. The van der Waals surface area contributed by atoms with Gasteiger partial charge in [0.1, 0.15) is 0 Å². The molecule has 0 radical (unpaired) electrons. The molecule has 4 heteroatoms. The molecule has 1 unspecified atom stereocenters. The molecule has 2 heterocycles. The molecular weight excluding hydrogens is 264 g/mol. The smallest absolute Gasteiger partial charge is 0.0705 e. The quantitative estimate of drug-likeness (QED) is 0.767. The second-order valence-electron chi connectivity index (χ2n) is 4.03. The van der Waals surface area contributed by atoms with Gasteiger partial charge in [-0.2, -0.15) is 0 Å². The summed E-state index contributed by atoms with van der Waals surface area (Å²) in [6.07, 6.45) is 1.79. The molecule has 0 aliphatic carbocycles. The van der Waals surface area contributed by atoms with Crippen LogP contribution in [0.2, 0.25) is 5.02 Å². The molecule has 2 N–H and O–H groups in total. The molecule has 2 nitrogen and oxygen atoms in total. The molecule has 0 bridgehead atoms. The lowest BCUT2D eigenvalue weighted by Crippen LogP contribution is -2.11. The van der Waals surface area contributed by atoms with Gasteiger partial charge >= 0.3 is 0 Å². The Morgan fingerprint density at radius 2 is 2.06 bits per heavy atom. The summed E-state index contributed by atoms with van der Waals surface area (Å²) in [7, 11) is 0. The van der Waals surface area contributed by atoms with Gasteiger partial charge in [-0.15, -0.1) is 11.3 Å². The van der Waals surface area contributed by atoms with Crippen molar-refractivity contribution in [3.63, 3.8) is 0 Å². The molecule has 1 atom stereocenters. The van der Waals surface area contributed by atoms with E-state index < -0.39 is 0 Å². The number of pyridine rings is 1. The lowest BCUT2D eigenvalue weighted by Gasteiger charge is -2.13. The van der Waals surface area contributed by atoms with Crippen molar-refractivity contribution in [1.82, 2.24) is 4.98 Å². The summed E-state index contributed by atoms with van der Waals surface area (Å²) in [6, 6.07) is 11.6. The predicted molar refractivity (Wildman–Crippen MR) is 77.1 cm³/mol. The van der Waals surface area contributed by atoms with Gasteiger partial charge in [0.05, 0.1) is 16.6 Å². The van der Waals surface area contributed by atoms with Gasteiger partial charge in [-0.05, 0) is 29.1 Å². The van der Waals surface area contributed by atoms with Gasteiger partial charge in [-0.25, -0.2) is 0 Å². The number of thiophene rings is 1. The van der Waals surface area contributed by atoms with Gasteiger partial charge in [0.2, 0.25) is 0 Å². The van der Waals surface area contributed by atoms with Crippen molar-refractivity contribution in [2.45, 2.75) is 6.04 Å². The van der Waals surface area contributed by atoms with Gasteiger partial charge < -0.3 is 5.73 Å². The average molecular weight is 275 g/mol. The monoisotopic (exact) mass is 274 g/mol. The highest BCUT2D eigenvalue weighted by molar-refractivity contribution is 7.10. The zero-order valence-electron chi connectivity index (χ0n) is 9.51. The van der Waals surface area contributed by atoms with E-state index in [1.165, 1.54) is 0 Å². The minimum absolute atomic E-state index is 0.203. The van der Waals surface area contributed by atoms with Crippen LogP contribution in [-0.2, 0) is 0 Å². The Morgan fingerprint density at radius 1 is 1.17 bits per heavy atom. The molecule has 3 aromatic rings. The average Bonchev–Trinajstić information content (AvgIpc) is 2.83. The third-order valence-corrected chi connectivity index (χ3v) is 4.38. The normalized spacial score (nSPS) is 12.8. The molecule has 90 valence electrons. The van der Waals surface area contributed by atoms with E-state index in [0.717, 1.165) is 26.4 Å². The van der Waals surface area contributed by atoms with Crippen molar-refractivity contribution >= 4 is 33.8 Å². The first-order valence-electron chi connectivity index (χ1n) is 5.59. The van der Waals surface area contributed by atoms with Crippen molar-refractivity contribution in [3.05, 3.63) is 63.4 Å². The topological polar surface area (TPSA) is 38.9 Å². The van der Waals surface area contributed by atoms with Crippen LogP contribution in [0.5, 0.6) is 0 Å². The van der Waals surface area contributed by atoms with Crippen LogP contribution >= 0.6 is 22.9 Å². The first kappa shape index (κ1) is 11.7. The molecule has 0 spiro atoms. The number of nitrogens with two attached hydrogens (primary N) is 1. The Bertz CT molecular complexity index is 688. The second kappa shape index (κ2) is 4.69. The molecule has 0 fully saturated rings. The predicted octanol–water partition coefficient (Wildman–Crippen LogP) is 4.00. The maximum absolute atomic E-state index is 6.33. The van der Waals surface area contributed by atoms with Crippen molar-refractivity contribution < 1.29 is 0 Å². The number of fused-ring (bicyclic) bond motifs is 1. The molecule has 18 heavy (non-hydrogen) atoms. The first-order valence-corrected chi connectivity index (χ1v) is 6.85. The Labute approximate surface area is 114 Å². The van der Waals surface area contributed by atoms with Gasteiger partial charge in [-0.1, -0.05) is 29.8 Å². The molecule has 0 amide bonds. The van der Waals surface area contributed by atoms with Gasteiger partial charge in [0.25, 0.3) is 0 Å². The minimum atomic E-state index is -0.203. The second-order valence-corrected chi connectivity index (χ2v) is 5.38. The summed E-state index contributed by atoms with van der Waals surface area (Å²) in [5.41, 5.74) is 8.34. The first-order chi connectivity index (χ1) is 8.77. The van der Waals surface area contributed by atoms with Crippen molar-refractivity contribution in [2.24, 2.45) is 5.73 Å². The van der Waals surface area contributed by atoms with Crippen LogP contribution in [0.25, 0.3) is 10.9 Å². The lowest BCUT2D eigenvalue weighted by molar-refractivity contribution is 0.903. The van der Waals surface area contributed by atoms with Gasteiger partial charge in [-0.3, -0.25) is 4.98 Å². The third kappa shape index (κ3) is 1.90. The van der Waals surface area contributed by atoms with E-state index in [1.54, 1.807) is 17.5 Å². The number of halogens is 1. The lowest BCUT2D eigenvalue weighted by atomic mass is 10.0. The van der Waals surface area contributed by atoms with Crippen LogP contribution in [0.15, 0.2) is 48.0 Å². The largest absolute Gasteiger partial charge is 0.320 e. The molecule has 0 saturated carbocycles. The number of nitrogens with zero attached hydrogens (tertiary/aromatic N) is 1. The number of rotatable bonds is 2. The standard InChI is InChI=1S/C14H11ClN2S/c15-11-6-8-18-14(11)13(16)10-3-1-5-12-9(10)4-2-7-17-12/h1-8,13H,16H2. The van der Waals surface area contributed by atoms with Crippen LogP contribution in [0, 0.1) is 0 Å². The fourth-order valence-electron chi connectivity index (χ4n) is 2.07. The molecule has 0 saturated heterocycles. The van der Waals surface area contributed by atoms with Crippen molar-refractivity contribution in [2.75, 3.05) is 0 Å². The molecule has 3 rings (SSSR count). The Kier molecular flexibility index (Phi) is 3.04. The van der Waals surface area contributed by atoms with Crippen LogP contribution in [-0.4, -0.2) is 4.98 Å². The number of hydrogen-bond donors (Lipinski definition) is 1. The van der Waals surface area contributed by atoms with Crippen LogP contribution in [0.1, 0.15) is 16.5 Å². The van der Waals surface area contributed by atoms with E-state index in [4.69, 9.17) is 17.3 Å². The van der Waals surface area contributed by atoms with E-state index >= 15 is 0 Å². The molecular formula is C14H11ClN2S. The zero-order chi connectivity index (χ0) is 12.5. The summed E-state index contributed by atoms with van der Waals surface area (Å²) >= 11 is 7.73. The van der Waals surface area contributed by atoms with Crippen LogP contribution in [0.3, 0.4) is 0 Å². The Balaban J connectivity index is 2.18. The van der Waals surface area contributed by atoms with Gasteiger partial charge in [0.15, 0.2) is 0 Å². The number of benzene rings is 1. The number of aromatic nitrogens is 1. The molecule has 2 aromatic heterocycles. The Hall–Kier alpha value is -1.42. The third-order valence-electron chi connectivity index (χ3n) is 2.94. The summed E-state index contributed by atoms with van der Waals surface area (Å²) in [4.78, 5) is 5.34. The maximum Gasteiger partial charge on any atom is 0.0705 e. The van der Waals surface area contributed by atoms with E-state index in [-0.39, 0.29) is 6.04 Å². The molecule has 0 aliphatic rings. The maximum atomic E-state index is 6.33. The zero-order valence-corrected chi connectivity index (χ0v) is 11.1. The van der Waals surface area contributed by atoms with E-state index in [9.17, 15) is 0 Å².